The monoisotopic (exact) mass is 666 g/mol. The molecule has 6 fully saturated rings. The van der Waals surface area contributed by atoms with Gasteiger partial charge in [-0.25, -0.2) is 0 Å². The first-order valence-electron chi connectivity index (χ1n) is 20.3. The number of carbonyl (C=O) groups excluding carboxylic acids is 1. The highest BCUT2D eigenvalue weighted by Crippen LogP contribution is 2.84. The van der Waals surface area contributed by atoms with E-state index in [0.29, 0.717) is 30.1 Å². The molecule has 1 N–H and O–H groups in total. The third kappa shape index (κ3) is 5.24. The average molecular weight is 666 g/mol. The van der Waals surface area contributed by atoms with E-state index in [1.165, 1.54) is 70.9 Å². The number of likely N-dealkylation sites (N-methyl/N-ethyl adjacent to an activating group) is 2. The van der Waals surface area contributed by atoms with Crippen molar-refractivity contribution in [3.8, 4) is 0 Å². The van der Waals surface area contributed by atoms with Crippen molar-refractivity contribution in [3.05, 3.63) is 11.6 Å². The van der Waals surface area contributed by atoms with Gasteiger partial charge in [-0.05, 0) is 120 Å². The molecule has 7 aliphatic rings. The Balaban J connectivity index is 1.18. The number of carboxylic acid groups (broad SMARTS) is 1. The predicted molar refractivity (Wildman–Crippen MR) is 191 cm³/mol. The van der Waals surface area contributed by atoms with Gasteiger partial charge in [-0.3, -0.25) is 4.79 Å². The summed E-state index contributed by atoms with van der Waals surface area (Å²) in [6.07, 6.45) is 17.2. The van der Waals surface area contributed by atoms with Crippen LogP contribution >= 0.6 is 0 Å². The average Bonchev–Trinajstić information content (AvgIpc) is 3.75. The van der Waals surface area contributed by atoms with Gasteiger partial charge in [0.1, 0.15) is 11.7 Å². The van der Waals surface area contributed by atoms with Crippen molar-refractivity contribution in [2.45, 2.75) is 117 Å². The molecule has 0 spiro atoms. The summed E-state index contributed by atoms with van der Waals surface area (Å²) in [5.74, 6) is 1.73. The van der Waals surface area contributed by atoms with Crippen LogP contribution in [0.25, 0.3) is 0 Å². The summed E-state index contributed by atoms with van der Waals surface area (Å²) in [6, 6.07) is 0. The quantitative estimate of drug-likeness (QED) is 0.186. The van der Waals surface area contributed by atoms with Crippen LogP contribution in [0.4, 0.5) is 0 Å². The molecule has 0 amide bonds. The Bertz CT molecular complexity index is 1220. The molecule has 2 aliphatic heterocycles. The van der Waals surface area contributed by atoms with E-state index in [2.05, 4.69) is 55.5 Å². The second-order valence-electron chi connectivity index (χ2n) is 18.1. The normalized spacial score (nSPS) is 43.6. The zero-order valence-electron chi connectivity index (χ0n) is 31.0. The molecule has 7 heteroatoms. The zero-order valence-corrected chi connectivity index (χ0v) is 31.0. The van der Waals surface area contributed by atoms with Crippen molar-refractivity contribution in [3.63, 3.8) is 0 Å². The summed E-state index contributed by atoms with van der Waals surface area (Å²) in [5, 5.41) is 11.7. The molecule has 5 aliphatic carbocycles. The summed E-state index contributed by atoms with van der Waals surface area (Å²) in [7, 11) is 2.24. The van der Waals surface area contributed by atoms with Gasteiger partial charge in [-0.1, -0.05) is 77.9 Å². The number of hydrogen-bond donors (Lipinski definition) is 1. The fourth-order valence-electron chi connectivity index (χ4n) is 13.7. The van der Waals surface area contributed by atoms with E-state index in [4.69, 9.17) is 4.74 Å². The molecule has 0 aromatic rings. The summed E-state index contributed by atoms with van der Waals surface area (Å²) < 4.78 is 7.53. The Labute approximate surface area is 291 Å². The summed E-state index contributed by atoms with van der Waals surface area (Å²) >= 11 is 0. The molecule has 2 saturated heterocycles. The Morgan fingerprint density at radius 3 is 2.56 bits per heavy atom. The molecule has 48 heavy (non-hydrogen) atoms. The number of aliphatic carboxylic acids is 1. The van der Waals surface area contributed by atoms with Crippen LogP contribution in [0, 0.1) is 57.7 Å². The van der Waals surface area contributed by atoms with Crippen molar-refractivity contribution >= 4 is 12.3 Å². The van der Waals surface area contributed by atoms with Gasteiger partial charge in [0, 0.05) is 25.0 Å². The number of allylic oxidation sites excluding steroid dienone is 1. The molecule has 0 aromatic heterocycles. The molecular formula is C41H67N3O4. The predicted octanol–water partition coefficient (Wildman–Crippen LogP) is 6.61. The minimum absolute atomic E-state index is 0.104. The molecule has 270 valence electrons. The van der Waals surface area contributed by atoms with Crippen LogP contribution in [0.1, 0.15) is 105 Å². The first-order chi connectivity index (χ1) is 23.1. The number of carbonyl (C=O) groups is 2. The first-order valence-corrected chi connectivity index (χ1v) is 20.3. The van der Waals surface area contributed by atoms with Crippen molar-refractivity contribution < 1.29 is 19.4 Å². The fourth-order valence-corrected chi connectivity index (χ4v) is 13.7. The molecule has 0 radical (unpaired) electrons. The second-order valence-corrected chi connectivity index (χ2v) is 18.1. The van der Waals surface area contributed by atoms with Gasteiger partial charge < -0.3 is 29.3 Å². The largest absolute Gasteiger partial charge is 0.481 e. The lowest BCUT2D eigenvalue weighted by atomic mass is 9.41. The molecule has 6 unspecified atom stereocenters. The van der Waals surface area contributed by atoms with E-state index in [0.717, 1.165) is 64.0 Å². The molecule has 10 atom stereocenters. The van der Waals surface area contributed by atoms with Crippen LogP contribution in [-0.4, -0.2) is 104 Å². The maximum absolute atomic E-state index is 14.2. The Hall–Kier alpha value is -1.28. The van der Waals surface area contributed by atoms with Crippen molar-refractivity contribution in [1.82, 2.24) is 14.7 Å². The number of rotatable bonds is 12. The van der Waals surface area contributed by atoms with Crippen molar-refractivity contribution in [2.24, 2.45) is 57.7 Å². The van der Waals surface area contributed by atoms with Crippen LogP contribution < -0.4 is 0 Å². The van der Waals surface area contributed by atoms with Crippen LogP contribution in [0.5, 0.6) is 0 Å². The number of aldehydes is 1. The van der Waals surface area contributed by atoms with Gasteiger partial charge in [0.25, 0.3) is 0 Å². The Kier molecular flexibility index (Phi) is 10.0. The molecule has 4 bridgehead atoms. The van der Waals surface area contributed by atoms with E-state index in [-0.39, 0.29) is 30.0 Å². The van der Waals surface area contributed by atoms with Crippen LogP contribution in [0.3, 0.4) is 0 Å². The lowest BCUT2D eigenvalue weighted by Gasteiger charge is -2.60. The van der Waals surface area contributed by atoms with E-state index >= 15 is 0 Å². The fraction of sp³-hybridized carbons (Fsp3) is 0.902. The minimum atomic E-state index is -1.14. The van der Waals surface area contributed by atoms with Gasteiger partial charge in [0.2, 0.25) is 0 Å². The van der Waals surface area contributed by atoms with E-state index in [9.17, 15) is 14.7 Å². The van der Waals surface area contributed by atoms with Crippen molar-refractivity contribution in [2.75, 3.05) is 59.4 Å². The van der Waals surface area contributed by atoms with E-state index in [1.807, 2.05) is 0 Å². The van der Waals surface area contributed by atoms with Gasteiger partial charge >= 0.3 is 5.97 Å². The Morgan fingerprint density at radius 2 is 1.85 bits per heavy atom. The zero-order chi connectivity index (χ0) is 33.8. The SMILES string of the molecule is CCN(CCCN1CCCN(C)CC1)CC1OC(C23C[C@@H]4[C@H](C)CC[C@H]4C4(C=O)CC2C=C(C(C)C)[C@@]34C(=O)O)CC1C1CCCCC1. The van der Waals surface area contributed by atoms with Gasteiger partial charge in [0.15, 0.2) is 0 Å². The van der Waals surface area contributed by atoms with Crippen molar-refractivity contribution in [1.29, 1.82) is 0 Å². The van der Waals surface area contributed by atoms with Crippen LogP contribution in [0.2, 0.25) is 0 Å². The van der Waals surface area contributed by atoms with Gasteiger partial charge in [-0.2, -0.15) is 0 Å². The molecule has 7 rings (SSSR count). The third-order valence-corrected chi connectivity index (χ3v) is 15.8. The van der Waals surface area contributed by atoms with E-state index < -0.39 is 22.2 Å². The van der Waals surface area contributed by atoms with Crippen LogP contribution in [0.15, 0.2) is 11.6 Å². The first kappa shape index (κ1) is 35.1. The van der Waals surface area contributed by atoms with Crippen LogP contribution in [-0.2, 0) is 14.3 Å². The summed E-state index contributed by atoms with van der Waals surface area (Å²) in [4.78, 5) is 35.7. The number of carboxylic acids is 1. The molecule has 7 nitrogen and oxygen atoms in total. The smallest absolute Gasteiger partial charge is 0.315 e. The second kappa shape index (κ2) is 13.7. The molecular weight excluding hydrogens is 598 g/mol. The Morgan fingerprint density at radius 1 is 1.06 bits per heavy atom. The lowest BCUT2D eigenvalue weighted by Crippen LogP contribution is -2.65. The summed E-state index contributed by atoms with van der Waals surface area (Å²) in [6.45, 7) is 18.0. The number of nitrogens with zero attached hydrogens (tertiary/aromatic N) is 3. The number of hydrogen-bond acceptors (Lipinski definition) is 6. The number of ether oxygens (including phenoxy) is 1. The molecule has 0 aromatic carbocycles. The van der Waals surface area contributed by atoms with Gasteiger partial charge in [-0.15, -0.1) is 0 Å². The summed E-state index contributed by atoms with van der Waals surface area (Å²) in [5.41, 5.74) is -1.44. The molecule has 4 saturated carbocycles. The topological polar surface area (TPSA) is 73.3 Å². The van der Waals surface area contributed by atoms with Gasteiger partial charge in [0.05, 0.1) is 17.6 Å². The van der Waals surface area contributed by atoms with E-state index in [1.54, 1.807) is 0 Å². The maximum atomic E-state index is 14.2. The highest BCUT2D eigenvalue weighted by molar-refractivity contribution is 5.90. The lowest BCUT2D eigenvalue weighted by molar-refractivity contribution is -0.197. The number of fused-ring (bicyclic) bond motifs is 2. The maximum Gasteiger partial charge on any atom is 0.315 e. The highest BCUT2D eigenvalue weighted by Gasteiger charge is 2.86. The molecule has 2 heterocycles. The standard InChI is InChI=1S/C41H67N3O4/c1-6-43(17-11-19-44-18-10-16-42(5)20-21-44)26-36-32(30-12-8-7-9-13-30)23-37(48-36)40-25-33-29(4)14-15-34(33)39(27-45)24-31(40)22-35(28(2)3)41(39,40)38(46)47/h22,27-34,36-37H,6-21,23-26H2,1-5H3,(H,46,47)/t29-,31?,32?,33-,34-,36?,37?,39?,40?,41+/m1/s1. The minimum Gasteiger partial charge on any atom is -0.481 e. The highest BCUT2D eigenvalue weighted by atomic mass is 16.5. The third-order valence-electron chi connectivity index (χ3n) is 15.8.